The molecule has 190 valence electrons. The third-order valence-electron chi connectivity index (χ3n) is 7.75. The highest BCUT2D eigenvalue weighted by Crippen LogP contribution is 2.44. The van der Waals surface area contributed by atoms with Crippen LogP contribution in [-0.4, -0.2) is 70.5 Å². The second kappa shape index (κ2) is 11.2. The van der Waals surface area contributed by atoms with Gasteiger partial charge < -0.3 is 14.7 Å². The summed E-state index contributed by atoms with van der Waals surface area (Å²) < 4.78 is 13.5. The zero-order valence-electron chi connectivity index (χ0n) is 20.8. The third kappa shape index (κ3) is 5.52. The molecule has 3 fully saturated rings. The minimum absolute atomic E-state index is 0.000845. The van der Waals surface area contributed by atoms with Crippen molar-refractivity contribution in [3.05, 3.63) is 76.4 Å². The first kappa shape index (κ1) is 25.0. The number of piperazine rings is 1. The first-order valence-corrected chi connectivity index (χ1v) is 13.9. The SMILES string of the molecule is CCN1CCN(C(=O)C2CCC3S/C(=C\c4ccccc4)C(=O)N(Cc4ccc(F)cc4)C3C2)CC1. The Morgan fingerprint density at radius 2 is 1.75 bits per heavy atom. The minimum Gasteiger partial charge on any atom is -0.340 e. The molecule has 3 atom stereocenters. The first-order valence-electron chi connectivity index (χ1n) is 13.0. The zero-order valence-corrected chi connectivity index (χ0v) is 21.6. The highest BCUT2D eigenvalue weighted by atomic mass is 32.2. The topological polar surface area (TPSA) is 43.9 Å². The standard InChI is InChI=1S/C29H34FN3O2S/c1-2-31-14-16-32(17-15-31)28(34)23-10-13-26-25(19-23)33(20-22-8-11-24(30)12-9-22)29(35)27(36-26)18-21-6-4-3-5-7-21/h3-9,11-12,18,23,25-26H,2,10,13-17,19-20H2,1H3/b27-18-. The number of hydrogen-bond acceptors (Lipinski definition) is 4. The molecule has 0 bridgehead atoms. The summed E-state index contributed by atoms with van der Waals surface area (Å²) >= 11 is 1.67. The second-order valence-electron chi connectivity index (χ2n) is 9.97. The van der Waals surface area contributed by atoms with E-state index in [-0.39, 0.29) is 34.8 Å². The van der Waals surface area contributed by atoms with E-state index in [1.807, 2.05) is 46.2 Å². The van der Waals surface area contributed by atoms with Crippen molar-refractivity contribution in [3.63, 3.8) is 0 Å². The van der Waals surface area contributed by atoms with Gasteiger partial charge in [0, 0.05) is 49.9 Å². The number of benzene rings is 2. The smallest absolute Gasteiger partial charge is 0.260 e. The van der Waals surface area contributed by atoms with Gasteiger partial charge in [-0.1, -0.05) is 49.4 Å². The summed E-state index contributed by atoms with van der Waals surface area (Å²) in [5.74, 6) is -0.0930. The van der Waals surface area contributed by atoms with E-state index in [0.717, 1.165) is 61.6 Å². The Kier molecular flexibility index (Phi) is 7.77. The van der Waals surface area contributed by atoms with Crippen LogP contribution in [0.1, 0.15) is 37.3 Å². The molecule has 2 aromatic rings. The fourth-order valence-electron chi connectivity index (χ4n) is 5.63. The first-order chi connectivity index (χ1) is 17.5. The van der Waals surface area contributed by atoms with Gasteiger partial charge in [-0.2, -0.15) is 0 Å². The molecule has 0 radical (unpaired) electrons. The lowest BCUT2D eigenvalue weighted by molar-refractivity contribution is -0.141. The monoisotopic (exact) mass is 507 g/mol. The van der Waals surface area contributed by atoms with Crippen molar-refractivity contribution >= 4 is 29.7 Å². The molecule has 2 amide bonds. The second-order valence-corrected chi connectivity index (χ2v) is 11.3. The molecule has 0 aromatic heterocycles. The minimum atomic E-state index is -0.284. The van der Waals surface area contributed by atoms with E-state index in [2.05, 4.69) is 11.8 Å². The summed E-state index contributed by atoms with van der Waals surface area (Å²) in [6.45, 7) is 7.03. The maximum absolute atomic E-state index is 13.8. The van der Waals surface area contributed by atoms with Crippen molar-refractivity contribution in [2.45, 2.75) is 44.0 Å². The number of rotatable bonds is 5. The molecule has 5 nitrogen and oxygen atoms in total. The van der Waals surface area contributed by atoms with Crippen molar-refractivity contribution < 1.29 is 14.0 Å². The summed E-state index contributed by atoms with van der Waals surface area (Å²) in [4.78, 5) is 34.3. The van der Waals surface area contributed by atoms with Crippen LogP contribution < -0.4 is 0 Å². The molecule has 7 heteroatoms. The van der Waals surface area contributed by atoms with Crippen LogP contribution in [0.4, 0.5) is 4.39 Å². The van der Waals surface area contributed by atoms with Crippen LogP contribution in [0, 0.1) is 11.7 Å². The lowest BCUT2D eigenvalue weighted by atomic mass is 9.83. The van der Waals surface area contributed by atoms with Gasteiger partial charge in [0.05, 0.1) is 4.91 Å². The van der Waals surface area contributed by atoms with E-state index in [1.54, 1.807) is 23.9 Å². The third-order valence-corrected chi connectivity index (χ3v) is 9.15. The van der Waals surface area contributed by atoms with Crippen molar-refractivity contribution in [1.82, 2.24) is 14.7 Å². The van der Waals surface area contributed by atoms with E-state index in [0.29, 0.717) is 13.0 Å². The van der Waals surface area contributed by atoms with Gasteiger partial charge in [0.2, 0.25) is 5.91 Å². The molecular formula is C29H34FN3O2S. The summed E-state index contributed by atoms with van der Waals surface area (Å²) in [6, 6.07) is 16.3. The van der Waals surface area contributed by atoms with Crippen molar-refractivity contribution in [2.24, 2.45) is 5.92 Å². The van der Waals surface area contributed by atoms with Crippen LogP contribution in [-0.2, 0) is 16.1 Å². The Morgan fingerprint density at radius 1 is 1.03 bits per heavy atom. The highest BCUT2D eigenvalue weighted by Gasteiger charge is 2.45. The normalized spacial score (nSPS) is 26.2. The zero-order chi connectivity index (χ0) is 25.1. The van der Waals surface area contributed by atoms with E-state index in [9.17, 15) is 14.0 Å². The number of nitrogens with zero attached hydrogens (tertiary/aromatic N) is 3. The molecule has 2 aromatic carbocycles. The van der Waals surface area contributed by atoms with Crippen LogP contribution in [0.3, 0.4) is 0 Å². The molecule has 0 spiro atoms. The average molecular weight is 508 g/mol. The van der Waals surface area contributed by atoms with Crippen LogP contribution in [0.25, 0.3) is 6.08 Å². The van der Waals surface area contributed by atoms with Gasteiger partial charge in [-0.15, -0.1) is 11.8 Å². The molecule has 2 saturated heterocycles. The van der Waals surface area contributed by atoms with Crippen LogP contribution in [0.2, 0.25) is 0 Å². The van der Waals surface area contributed by atoms with Crippen molar-refractivity contribution in [3.8, 4) is 0 Å². The Hall–Kier alpha value is -2.64. The van der Waals surface area contributed by atoms with Gasteiger partial charge in [-0.3, -0.25) is 9.59 Å². The number of thioether (sulfide) groups is 1. The number of halogens is 1. The summed E-state index contributed by atoms with van der Waals surface area (Å²) in [7, 11) is 0. The average Bonchev–Trinajstić information content (AvgIpc) is 2.92. The molecule has 36 heavy (non-hydrogen) atoms. The molecule has 2 aliphatic heterocycles. The lowest BCUT2D eigenvalue weighted by Gasteiger charge is -2.47. The van der Waals surface area contributed by atoms with Gasteiger partial charge in [-0.05, 0) is 55.1 Å². The molecule has 2 heterocycles. The molecule has 3 aliphatic rings. The predicted octanol–water partition coefficient (Wildman–Crippen LogP) is 4.64. The number of hydrogen-bond donors (Lipinski definition) is 0. The van der Waals surface area contributed by atoms with Gasteiger partial charge in [0.25, 0.3) is 5.91 Å². The summed E-state index contributed by atoms with van der Waals surface area (Å²) in [5, 5.41) is 0.249. The largest absolute Gasteiger partial charge is 0.340 e. The number of carbonyl (C=O) groups is 2. The quantitative estimate of drug-likeness (QED) is 0.553. The van der Waals surface area contributed by atoms with Crippen LogP contribution >= 0.6 is 11.8 Å². The maximum atomic E-state index is 13.8. The lowest BCUT2D eigenvalue weighted by Crippen LogP contribution is -2.55. The summed E-state index contributed by atoms with van der Waals surface area (Å²) in [6.07, 6.45) is 4.43. The van der Waals surface area contributed by atoms with E-state index in [1.165, 1.54) is 12.1 Å². The van der Waals surface area contributed by atoms with Crippen molar-refractivity contribution in [1.29, 1.82) is 0 Å². The Labute approximate surface area is 217 Å². The fourth-order valence-corrected chi connectivity index (χ4v) is 7.05. The molecule has 1 saturated carbocycles. The van der Waals surface area contributed by atoms with Gasteiger partial charge in [-0.25, -0.2) is 4.39 Å². The van der Waals surface area contributed by atoms with Crippen molar-refractivity contribution in [2.75, 3.05) is 32.7 Å². The highest BCUT2D eigenvalue weighted by molar-refractivity contribution is 8.04. The van der Waals surface area contributed by atoms with Crippen LogP contribution in [0.5, 0.6) is 0 Å². The van der Waals surface area contributed by atoms with E-state index < -0.39 is 0 Å². The molecule has 1 aliphatic carbocycles. The van der Waals surface area contributed by atoms with Gasteiger partial charge in [0.15, 0.2) is 0 Å². The Bertz CT molecular complexity index is 1100. The maximum Gasteiger partial charge on any atom is 0.260 e. The number of amides is 2. The Morgan fingerprint density at radius 3 is 2.44 bits per heavy atom. The van der Waals surface area contributed by atoms with E-state index in [4.69, 9.17) is 0 Å². The molecule has 3 unspecified atom stereocenters. The Balaban J connectivity index is 1.37. The molecule has 0 N–H and O–H groups in total. The predicted molar refractivity (Wildman–Crippen MR) is 143 cm³/mol. The number of carbonyl (C=O) groups excluding carboxylic acids is 2. The van der Waals surface area contributed by atoms with E-state index >= 15 is 0 Å². The van der Waals surface area contributed by atoms with Crippen LogP contribution in [0.15, 0.2) is 59.5 Å². The number of likely N-dealkylation sites (N-methyl/N-ethyl adjacent to an activating group) is 1. The molecular weight excluding hydrogens is 473 g/mol. The summed E-state index contributed by atoms with van der Waals surface area (Å²) in [5.41, 5.74) is 1.90. The molecule has 5 rings (SSSR count). The fraction of sp³-hybridized carbons (Fsp3) is 0.448. The van der Waals surface area contributed by atoms with Gasteiger partial charge in [0.1, 0.15) is 5.82 Å². The number of fused-ring (bicyclic) bond motifs is 1. The van der Waals surface area contributed by atoms with Gasteiger partial charge >= 0.3 is 0 Å².